The quantitative estimate of drug-likeness (QED) is 0.786. The Morgan fingerprint density at radius 1 is 1.05 bits per heavy atom. The minimum Gasteiger partial charge on any atom is -0.481 e. The van der Waals surface area contributed by atoms with Crippen molar-refractivity contribution in [2.45, 2.75) is 19.8 Å². The van der Waals surface area contributed by atoms with Crippen molar-refractivity contribution in [2.75, 3.05) is 52.4 Å². The van der Waals surface area contributed by atoms with Gasteiger partial charge in [-0.15, -0.1) is 0 Å². The number of hydrogen-bond acceptors (Lipinski definition) is 4. The lowest BCUT2D eigenvalue weighted by Crippen LogP contribution is -2.49. The van der Waals surface area contributed by atoms with E-state index in [-0.39, 0.29) is 17.7 Å². The zero-order chi connectivity index (χ0) is 15.7. The van der Waals surface area contributed by atoms with Crippen LogP contribution < -0.4 is 0 Å². The highest BCUT2D eigenvalue weighted by molar-refractivity contribution is 5.80. The smallest absolute Gasteiger partial charge is 0.308 e. The van der Waals surface area contributed by atoms with Crippen LogP contribution in [0.3, 0.4) is 0 Å². The predicted octanol–water partition coefficient (Wildman–Crippen LogP) is 0.193. The average Bonchev–Trinajstić information content (AvgIpc) is 3.26. The van der Waals surface area contributed by atoms with E-state index >= 15 is 0 Å². The summed E-state index contributed by atoms with van der Waals surface area (Å²) in [6.07, 6.45) is 2.27. The molecule has 3 rings (SSSR count). The van der Waals surface area contributed by atoms with Crippen LogP contribution in [0.1, 0.15) is 19.8 Å². The van der Waals surface area contributed by atoms with Crippen LogP contribution in [0.15, 0.2) is 0 Å². The van der Waals surface area contributed by atoms with E-state index in [0.29, 0.717) is 25.6 Å². The van der Waals surface area contributed by atoms with Gasteiger partial charge in [-0.05, 0) is 31.2 Å². The second-order valence-corrected chi connectivity index (χ2v) is 6.96. The third-order valence-electron chi connectivity index (χ3n) is 5.53. The van der Waals surface area contributed by atoms with E-state index in [9.17, 15) is 14.7 Å². The maximum absolute atomic E-state index is 12.5. The topological polar surface area (TPSA) is 64.1 Å². The molecule has 1 aliphatic carbocycles. The minimum absolute atomic E-state index is 0.111. The van der Waals surface area contributed by atoms with Crippen molar-refractivity contribution in [2.24, 2.45) is 17.8 Å². The molecular formula is C16H27N3O3. The minimum atomic E-state index is -0.733. The Labute approximate surface area is 132 Å². The number of amides is 1. The monoisotopic (exact) mass is 309 g/mol. The molecule has 1 N–H and O–H groups in total. The molecule has 2 heterocycles. The highest BCUT2D eigenvalue weighted by atomic mass is 16.4. The number of carbonyl (C=O) groups is 2. The van der Waals surface area contributed by atoms with E-state index in [0.717, 1.165) is 45.6 Å². The van der Waals surface area contributed by atoms with Crippen LogP contribution in [-0.2, 0) is 9.59 Å². The SMILES string of the molecule is CCN1CCN(CC(=O)N2C[C@H](C(=O)O)[C@@H](C3CC3)C2)CC1. The molecule has 0 radical (unpaired) electrons. The summed E-state index contributed by atoms with van der Waals surface area (Å²) in [6.45, 7) is 8.63. The molecule has 6 nitrogen and oxygen atoms in total. The van der Waals surface area contributed by atoms with Gasteiger partial charge in [-0.25, -0.2) is 0 Å². The molecule has 2 atom stereocenters. The van der Waals surface area contributed by atoms with Gasteiger partial charge >= 0.3 is 5.97 Å². The average molecular weight is 309 g/mol. The summed E-state index contributed by atoms with van der Waals surface area (Å²) in [7, 11) is 0. The number of hydrogen-bond donors (Lipinski definition) is 1. The molecule has 1 saturated carbocycles. The molecule has 22 heavy (non-hydrogen) atoms. The number of aliphatic carboxylic acids is 1. The number of piperazine rings is 1. The molecule has 0 aromatic carbocycles. The van der Waals surface area contributed by atoms with Gasteiger partial charge in [0.15, 0.2) is 0 Å². The molecule has 3 aliphatic rings. The molecule has 3 fully saturated rings. The fraction of sp³-hybridized carbons (Fsp3) is 0.875. The first-order valence-corrected chi connectivity index (χ1v) is 8.53. The molecule has 0 aromatic rings. The van der Waals surface area contributed by atoms with Gasteiger partial charge in [-0.2, -0.15) is 0 Å². The second-order valence-electron chi connectivity index (χ2n) is 6.96. The third-order valence-corrected chi connectivity index (χ3v) is 5.53. The van der Waals surface area contributed by atoms with Gasteiger partial charge in [0.1, 0.15) is 0 Å². The standard InChI is InChI=1S/C16H27N3O3/c1-2-17-5-7-18(8-6-17)11-15(20)19-9-13(12-3-4-12)14(10-19)16(21)22/h12-14H,2-11H2,1H3,(H,21,22)/t13-,14+/m1/s1. The lowest BCUT2D eigenvalue weighted by Gasteiger charge is -2.34. The Morgan fingerprint density at radius 3 is 2.23 bits per heavy atom. The second kappa shape index (κ2) is 6.54. The van der Waals surface area contributed by atoms with Crippen molar-refractivity contribution in [3.8, 4) is 0 Å². The summed E-state index contributed by atoms with van der Waals surface area (Å²) < 4.78 is 0. The molecule has 124 valence electrons. The van der Waals surface area contributed by atoms with Gasteiger partial charge in [0.05, 0.1) is 12.5 Å². The Morgan fingerprint density at radius 2 is 1.68 bits per heavy atom. The zero-order valence-corrected chi connectivity index (χ0v) is 13.4. The predicted molar refractivity (Wildman–Crippen MR) is 82.5 cm³/mol. The third kappa shape index (κ3) is 3.43. The van der Waals surface area contributed by atoms with Gasteiger partial charge in [0.25, 0.3) is 0 Å². The van der Waals surface area contributed by atoms with E-state index in [2.05, 4.69) is 16.7 Å². The largest absolute Gasteiger partial charge is 0.481 e. The van der Waals surface area contributed by atoms with Crippen LogP contribution in [0.2, 0.25) is 0 Å². The van der Waals surface area contributed by atoms with Gasteiger partial charge in [0.2, 0.25) is 5.91 Å². The van der Waals surface area contributed by atoms with Crippen molar-refractivity contribution in [1.29, 1.82) is 0 Å². The van der Waals surface area contributed by atoms with Crippen LogP contribution in [0.25, 0.3) is 0 Å². The number of rotatable bonds is 5. The van der Waals surface area contributed by atoms with Crippen LogP contribution in [0.4, 0.5) is 0 Å². The summed E-state index contributed by atoms with van der Waals surface area (Å²) in [5.74, 6) is -0.262. The Balaban J connectivity index is 1.51. The summed E-state index contributed by atoms with van der Waals surface area (Å²) in [5, 5.41) is 9.38. The Hall–Kier alpha value is -1.14. The number of carbonyl (C=O) groups excluding carboxylic acids is 1. The lowest BCUT2D eigenvalue weighted by atomic mass is 9.92. The number of carboxylic acid groups (broad SMARTS) is 1. The van der Waals surface area contributed by atoms with Gasteiger partial charge in [-0.1, -0.05) is 6.92 Å². The van der Waals surface area contributed by atoms with Crippen LogP contribution in [0.5, 0.6) is 0 Å². The van der Waals surface area contributed by atoms with Gasteiger partial charge in [-0.3, -0.25) is 14.5 Å². The summed E-state index contributed by atoms with van der Waals surface area (Å²) in [4.78, 5) is 30.3. The van der Waals surface area contributed by atoms with E-state index in [1.165, 1.54) is 0 Å². The number of likely N-dealkylation sites (tertiary alicyclic amines) is 1. The van der Waals surface area contributed by atoms with E-state index in [1.807, 2.05) is 0 Å². The van der Waals surface area contributed by atoms with Crippen LogP contribution in [0, 0.1) is 17.8 Å². The first-order valence-electron chi connectivity index (χ1n) is 8.53. The first-order chi connectivity index (χ1) is 10.6. The van der Waals surface area contributed by atoms with E-state index < -0.39 is 5.97 Å². The Bertz CT molecular complexity index is 430. The summed E-state index contributed by atoms with van der Waals surface area (Å²) in [5.41, 5.74) is 0. The fourth-order valence-corrected chi connectivity index (χ4v) is 3.85. The molecule has 0 unspecified atom stereocenters. The van der Waals surface area contributed by atoms with Crippen molar-refractivity contribution in [3.63, 3.8) is 0 Å². The summed E-state index contributed by atoms with van der Waals surface area (Å²) in [6, 6.07) is 0. The van der Waals surface area contributed by atoms with Crippen molar-refractivity contribution < 1.29 is 14.7 Å². The van der Waals surface area contributed by atoms with Gasteiger partial charge in [0, 0.05) is 39.3 Å². The molecule has 0 aromatic heterocycles. The normalized spacial score (nSPS) is 30.7. The molecule has 2 saturated heterocycles. The highest BCUT2D eigenvalue weighted by Gasteiger charge is 2.46. The van der Waals surface area contributed by atoms with Crippen LogP contribution in [-0.4, -0.2) is 84.0 Å². The maximum Gasteiger partial charge on any atom is 0.308 e. The maximum atomic E-state index is 12.5. The number of nitrogens with zero attached hydrogens (tertiary/aromatic N) is 3. The van der Waals surface area contributed by atoms with Crippen LogP contribution >= 0.6 is 0 Å². The molecular weight excluding hydrogens is 282 g/mol. The van der Waals surface area contributed by atoms with Crippen molar-refractivity contribution in [3.05, 3.63) is 0 Å². The number of likely N-dealkylation sites (N-methyl/N-ethyl adjacent to an activating group) is 1. The van der Waals surface area contributed by atoms with E-state index in [1.54, 1.807) is 4.90 Å². The Kier molecular flexibility index (Phi) is 4.68. The summed E-state index contributed by atoms with van der Waals surface area (Å²) >= 11 is 0. The van der Waals surface area contributed by atoms with Crippen molar-refractivity contribution in [1.82, 2.24) is 14.7 Å². The van der Waals surface area contributed by atoms with Crippen molar-refractivity contribution >= 4 is 11.9 Å². The molecule has 1 amide bonds. The highest BCUT2D eigenvalue weighted by Crippen LogP contribution is 2.44. The molecule has 0 spiro atoms. The fourth-order valence-electron chi connectivity index (χ4n) is 3.85. The molecule has 2 aliphatic heterocycles. The lowest BCUT2D eigenvalue weighted by molar-refractivity contribution is -0.142. The first kappa shape index (κ1) is 15.7. The van der Waals surface area contributed by atoms with E-state index in [4.69, 9.17) is 0 Å². The molecule has 0 bridgehead atoms. The zero-order valence-electron chi connectivity index (χ0n) is 13.4. The number of carboxylic acids is 1. The molecule has 6 heteroatoms. The van der Waals surface area contributed by atoms with Gasteiger partial charge < -0.3 is 14.9 Å².